The number of ether oxygens (including phenoxy) is 2. The van der Waals surface area contributed by atoms with E-state index in [0.29, 0.717) is 39.6 Å². The fourth-order valence-corrected chi connectivity index (χ4v) is 4.06. The zero-order valence-electron chi connectivity index (χ0n) is 12.6. The minimum atomic E-state index is 0.272. The molecule has 1 aromatic carbocycles. The molecule has 0 unspecified atom stereocenters. The molecule has 23 heavy (non-hydrogen) atoms. The van der Waals surface area contributed by atoms with Crippen LogP contribution >= 0.6 is 36.2 Å². The van der Waals surface area contributed by atoms with Crippen molar-refractivity contribution in [1.82, 2.24) is 10.6 Å². The smallest absolute Gasteiger partial charge is 0.143 e. The molecule has 0 radical (unpaired) electrons. The van der Waals surface area contributed by atoms with E-state index in [1.54, 1.807) is 0 Å². The highest BCUT2D eigenvalue weighted by atomic mass is 32.2. The summed E-state index contributed by atoms with van der Waals surface area (Å²) in [4.78, 5) is 1.37. The van der Waals surface area contributed by atoms with Crippen LogP contribution in [0.5, 0.6) is 11.5 Å². The van der Waals surface area contributed by atoms with Crippen LogP contribution in [-0.2, 0) is 0 Å². The molecule has 1 aromatic rings. The van der Waals surface area contributed by atoms with E-state index in [9.17, 15) is 0 Å². The Hall–Kier alpha value is -1.64. The molecular weight excluding hydrogens is 350 g/mol. The predicted octanol–water partition coefficient (Wildman–Crippen LogP) is 3.03. The molecule has 0 bridgehead atoms. The van der Waals surface area contributed by atoms with Gasteiger partial charge in [-0.3, -0.25) is 5.41 Å². The average molecular weight is 366 g/mol. The average Bonchev–Trinajstić information content (AvgIpc) is 3.02. The van der Waals surface area contributed by atoms with E-state index in [-0.39, 0.29) is 5.84 Å². The van der Waals surface area contributed by atoms with E-state index in [1.807, 2.05) is 26.0 Å². The van der Waals surface area contributed by atoms with Crippen molar-refractivity contribution in [3.8, 4) is 11.5 Å². The second kappa shape index (κ2) is 6.46. The molecule has 0 atom stereocenters. The lowest BCUT2D eigenvalue weighted by atomic mass is 10.0. The summed E-state index contributed by atoms with van der Waals surface area (Å²) in [6.07, 6.45) is 0. The maximum Gasteiger partial charge on any atom is 0.143 e. The van der Waals surface area contributed by atoms with Crippen LogP contribution in [0.4, 0.5) is 0 Å². The van der Waals surface area contributed by atoms with Gasteiger partial charge in [-0.2, -0.15) is 0 Å². The van der Waals surface area contributed by atoms with Crippen LogP contribution < -0.4 is 20.1 Å². The number of thioether (sulfide) groups is 1. The number of nitrogens with one attached hydrogen (secondary N) is 3. The van der Waals surface area contributed by atoms with Crippen molar-refractivity contribution in [2.24, 2.45) is 0 Å². The monoisotopic (exact) mass is 365 g/mol. The molecule has 0 amide bonds. The Morgan fingerprint density at radius 1 is 1.04 bits per heavy atom. The number of amidine groups is 1. The minimum Gasteiger partial charge on any atom is -0.493 e. The van der Waals surface area contributed by atoms with E-state index in [1.165, 1.54) is 11.8 Å². The van der Waals surface area contributed by atoms with E-state index < -0.39 is 0 Å². The van der Waals surface area contributed by atoms with E-state index in [4.69, 9.17) is 39.3 Å². The number of fused-ring (bicyclic) bond motifs is 1. The highest BCUT2D eigenvalue weighted by molar-refractivity contribution is 8.27. The summed E-state index contributed by atoms with van der Waals surface area (Å²) in [6, 6.07) is 3.70. The van der Waals surface area contributed by atoms with Crippen LogP contribution in [0.3, 0.4) is 0 Å². The van der Waals surface area contributed by atoms with Gasteiger partial charge >= 0.3 is 0 Å². The van der Waals surface area contributed by atoms with Gasteiger partial charge in [-0.05, 0) is 26.0 Å². The summed E-state index contributed by atoms with van der Waals surface area (Å²) < 4.78 is 12.0. The number of hydrogen-bond acceptors (Lipinski definition) is 6. The lowest BCUT2D eigenvalue weighted by Crippen LogP contribution is -2.18. The minimum absolute atomic E-state index is 0.272. The molecule has 120 valence electrons. The quantitative estimate of drug-likeness (QED) is 0.560. The second-order valence-electron chi connectivity index (χ2n) is 4.73. The molecule has 2 aliphatic heterocycles. The Balaban J connectivity index is 2.23. The van der Waals surface area contributed by atoms with Gasteiger partial charge in [-0.25, -0.2) is 0 Å². The third-order valence-electron chi connectivity index (χ3n) is 3.32. The van der Waals surface area contributed by atoms with Gasteiger partial charge in [-0.15, -0.1) is 0 Å². The number of benzene rings is 1. The maximum atomic E-state index is 8.30. The third kappa shape index (κ3) is 2.82. The standard InChI is InChI=1S/C15H15N3O2S3/c1-3-19-7-5-6-8(20-4-2)10-9(7)11(17-13(10)16)12-14(21)18-15(22)23-12/h5-6H,3-4H2,1-2H3,(H2,16,17)(H,18,21,22)/b12-11+. The van der Waals surface area contributed by atoms with E-state index in [0.717, 1.165) is 16.2 Å². The van der Waals surface area contributed by atoms with Gasteiger partial charge in [-0.1, -0.05) is 36.2 Å². The molecule has 1 fully saturated rings. The summed E-state index contributed by atoms with van der Waals surface area (Å²) in [7, 11) is 0. The van der Waals surface area contributed by atoms with Crippen LogP contribution in [-0.4, -0.2) is 28.4 Å². The molecular formula is C15H15N3O2S3. The predicted molar refractivity (Wildman–Crippen MR) is 102 cm³/mol. The van der Waals surface area contributed by atoms with Crippen LogP contribution in [0, 0.1) is 5.41 Å². The van der Waals surface area contributed by atoms with E-state index in [2.05, 4.69) is 10.6 Å². The summed E-state index contributed by atoms with van der Waals surface area (Å²) in [6.45, 7) is 4.90. The molecule has 0 spiro atoms. The largest absolute Gasteiger partial charge is 0.493 e. The Morgan fingerprint density at radius 2 is 1.65 bits per heavy atom. The number of hydrogen-bond donors (Lipinski definition) is 3. The molecule has 2 aliphatic rings. The molecule has 0 saturated carbocycles. The van der Waals surface area contributed by atoms with Crippen molar-refractivity contribution in [2.75, 3.05) is 13.2 Å². The van der Waals surface area contributed by atoms with Crippen molar-refractivity contribution >= 4 is 57.0 Å². The van der Waals surface area contributed by atoms with Gasteiger partial charge in [0.15, 0.2) is 0 Å². The molecule has 3 rings (SSSR count). The fraction of sp³-hybridized carbons (Fsp3) is 0.267. The highest BCUT2D eigenvalue weighted by Gasteiger charge is 2.34. The first-order valence-electron chi connectivity index (χ1n) is 7.13. The molecule has 1 saturated heterocycles. The van der Waals surface area contributed by atoms with Gasteiger partial charge in [0, 0.05) is 0 Å². The molecule has 0 aromatic heterocycles. The van der Waals surface area contributed by atoms with Crippen molar-refractivity contribution < 1.29 is 9.47 Å². The van der Waals surface area contributed by atoms with Gasteiger partial charge in [0.2, 0.25) is 0 Å². The lowest BCUT2D eigenvalue weighted by molar-refractivity contribution is 0.329. The Bertz CT molecular complexity index is 759. The molecule has 0 aliphatic carbocycles. The Morgan fingerprint density at radius 3 is 2.17 bits per heavy atom. The zero-order chi connectivity index (χ0) is 16.6. The fourth-order valence-electron chi connectivity index (χ4n) is 2.51. The highest BCUT2D eigenvalue weighted by Crippen LogP contribution is 2.43. The Kier molecular flexibility index (Phi) is 4.56. The van der Waals surface area contributed by atoms with Crippen LogP contribution in [0.2, 0.25) is 0 Å². The van der Waals surface area contributed by atoms with Crippen LogP contribution in [0.1, 0.15) is 25.0 Å². The van der Waals surface area contributed by atoms with Gasteiger partial charge in [0.25, 0.3) is 0 Å². The Labute approximate surface area is 149 Å². The van der Waals surface area contributed by atoms with Gasteiger partial charge in [0.05, 0.1) is 34.9 Å². The van der Waals surface area contributed by atoms with Crippen LogP contribution in [0.15, 0.2) is 17.0 Å². The molecule has 2 heterocycles. The van der Waals surface area contributed by atoms with Gasteiger partial charge < -0.3 is 20.1 Å². The zero-order valence-corrected chi connectivity index (χ0v) is 15.1. The SMILES string of the molecule is CCOc1ccc(OCC)c2c1C(=N)N/C2=C1/SC(=S)NC1=S. The summed E-state index contributed by atoms with van der Waals surface area (Å²) in [5, 5.41) is 14.4. The van der Waals surface area contributed by atoms with E-state index >= 15 is 0 Å². The number of thiocarbonyl (C=S) groups is 2. The normalized spacial score (nSPS) is 19.5. The second-order valence-corrected chi connectivity index (χ2v) is 6.82. The van der Waals surface area contributed by atoms with Crippen LogP contribution in [0.25, 0.3) is 5.70 Å². The first-order chi connectivity index (χ1) is 11.1. The topological polar surface area (TPSA) is 66.4 Å². The summed E-state index contributed by atoms with van der Waals surface area (Å²) in [5.74, 6) is 1.63. The number of rotatable bonds is 4. The van der Waals surface area contributed by atoms with Gasteiger partial charge in [0.1, 0.15) is 26.6 Å². The molecule has 8 heteroatoms. The summed E-state index contributed by atoms with van der Waals surface area (Å²) in [5.41, 5.74) is 2.25. The first-order valence-corrected chi connectivity index (χ1v) is 8.76. The third-order valence-corrected chi connectivity index (χ3v) is 5.01. The first kappa shape index (κ1) is 16.2. The molecule has 5 nitrogen and oxygen atoms in total. The van der Waals surface area contributed by atoms with Crippen molar-refractivity contribution in [3.05, 3.63) is 28.2 Å². The lowest BCUT2D eigenvalue weighted by Gasteiger charge is -2.13. The maximum absolute atomic E-state index is 8.30. The summed E-state index contributed by atoms with van der Waals surface area (Å²) >= 11 is 11.9. The van der Waals surface area contributed by atoms with Crippen molar-refractivity contribution in [1.29, 1.82) is 5.41 Å². The molecule has 3 N–H and O–H groups in total. The van der Waals surface area contributed by atoms with Crippen molar-refractivity contribution in [3.63, 3.8) is 0 Å². The van der Waals surface area contributed by atoms with Crippen molar-refractivity contribution in [2.45, 2.75) is 13.8 Å².